The zero-order chi connectivity index (χ0) is 25.4. The van der Waals surface area contributed by atoms with Gasteiger partial charge >= 0.3 is 5.97 Å². The molecule has 0 saturated carbocycles. The molecular weight excluding hydrogens is 475 g/mol. The number of nitrogens with zero attached hydrogens (tertiary/aromatic N) is 1. The molecule has 9 heteroatoms. The molecule has 0 radical (unpaired) electrons. The summed E-state index contributed by atoms with van der Waals surface area (Å²) in [6.07, 6.45) is 1.30. The van der Waals surface area contributed by atoms with E-state index < -0.39 is 17.7 Å². The highest BCUT2D eigenvalue weighted by atomic mass is 35.5. The van der Waals surface area contributed by atoms with Crippen LogP contribution in [0.1, 0.15) is 28.4 Å². The fourth-order valence-corrected chi connectivity index (χ4v) is 3.31. The second kappa shape index (κ2) is 11.7. The number of amides is 1. The number of nitriles is 1. The molecule has 0 aliphatic carbocycles. The summed E-state index contributed by atoms with van der Waals surface area (Å²) in [4.78, 5) is 23.5. The third-order valence-corrected chi connectivity index (χ3v) is 4.99. The monoisotopic (exact) mass is 494 g/mol. The molecule has 35 heavy (non-hydrogen) atoms. The van der Waals surface area contributed by atoms with Gasteiger partial charge in [-0.15, -0.1) is 0 Å². The highest BCUT2D eigenvalue weighted by molar-refractivity contribution is 6.32. The van der Waals surface area contributed by atoms with Gasteiger partial charge in [-0.2, -0.15) is 5.26 Å². The summed E-state index contributed by atoms with van der Waals surface area (Å²) in [6, 6.07) is 16.7. The van der Waals surface area contributed by atoms with E-state index in [4.69, 9.17) is 26.2 Å². The first-order valence-electron chi connectivity index (χ1n) is 10.4. The average Bonchev–Trinajstić information content (AvgIpc) is 2.83. The first-order chi connectivity index (χ1) is 16.8. The van der Waals surface area contributed by atoms with Crippen molar-refractivity contribution in [1.82, 2.24) is 0 Å². The number of para-hydroxylation sites is 1. The van der Waals surface area contributed by atoms with E-state index in [1.807, 2.05) is 0 Å². The minimum absolute atomic E-state index is 0.0492. The molecule has 0 aromatic heterocycles. The van der Waals surface area contributed by atoms with Gasteiger partial charge in [0.25, 0.3) is 5.91 Å². The number of carbonyl (C=O) groups excluding carboxylic acids is 1. The smallest absolute Gasteiger partial charge is 0.335 e. The molecule has 2 N–H and O–H groups in total. The lowest BCUT2D eigenvalue weighted by Crippen LogP contribution is -2.14. The van der Waals surface area contributed by atoms with Crippen LogP contribution in [0.3, 0.4) is 0 Å². The lowest BCUT2D eigenvalue weighted by Gasteiger charge is -2.15. The van der Waals surface area contributed by atoms with Gasteiger partial charge in [0, 0.05) is 0 Å². The number of hydrogen-bond acceptors (Lipinski definition) is 5. The summed E-state index contributed by atoms with van der Waals surface area (Å²) >= 11 is 6.42. The number of carbonyl (C=O) groups is 2. The van der Waals surface area contributed by atoms with E-state index in [1.54, 1.807) is 37.3 Å². The quantitative estimate of drug-likeness (QED) is 0.292. The van der Waals surface area contributed by atoms with Crippen LogP contribution in [0.15, 0.2) is 66.2 Å². The van der Waals surface area contributed by atoms with E-state index in [0.717, 1.165) is 0 Å². The van der Waals surface area contributed by atoms with Crippen LogP contribution in [0.4, 0.5) is 10.1 Å². The zero-order valence-corrected chi connectivity index (χ0v) is 19.3. The number of carboxylic acids is 1. The predicted octanol–water partition coefficient (Wildman–Crippen LogP) is 5.70. The summed E-state index contributed by atoms with van der Waals surface area (Å²) in [6.45, 7) is 2.17. The van der Waals surface area contributed by atoms with Crippen molar-refractivity contribution >= 4 is 35.2 Å². The third-order valence-electron chi connectivity index (χ3n) is 4.71. The maximum absolute atomic E-state index is 13.8. The average molecular weight is 495 g/mol. The second-order valence-electron chi connectivity index (χ2n) is 7.16. The van der Waals surface area contributed by atoms with Crippen LogP contribution in [0.25, 0.3) is 6.08 Å². The summed E-state index contributed by atoms with van der Waals surface area (Å²) in [5.41, 5.74) is 0.960. The predicted molar refractivity (Wildman–Crippen MR) is 129 cm³/mol. The fourth-order valence-electron chi connectivity index (χ4n) is 3.04. The van der Waals surface area contributed by atoms with Crippen LogP contribution in [0.2, 0.25) is 5.02 Å². The number of aromatic carboxylic acids is 1. The number of halogens is 2. The van der Waals surface area contributed by atoms with Gasteiger partial charge in [0.1, 0.15) is 24.1 Å². The van der Waals surface area contributed by atoms with E-state index in [2.05, 4.69) is 5.32 Å². The Kier molecular flexibility index (Phi) is 8.43. The van der Waals surface area contributed by atoms with E-state index >= 15 is 0 Å². The molecular formula is C26H20ClFN2O5. The van der Waals surface area contributed by atoms with Crippen LogP contribution in [0.5, 0.6) is 11.5 Å². The van der Waals surface area contributed by atoms with Gasteiger partial charge in [-0.05, 0) is 60.5 Å². The summed E-state index contributed by atoms with van der Waals surface area (Å²) in [5, 5.41) is 21.0. The largest absolute Gasteiger partial charge is 0.490 e. The van der Waals surface area contributed by atoms with Gasteiger partial charge in [-0.3, -0.25) is 4.79 Å². The van der Waals surface area contributed by atoms with Crippen LogP contribution >= 0.6 is 11.6 Å². The molecule has 7 nitrogen and oxygen atoms in total. The molecule has 0 aliphatic rings. The van der Waals surface area contributed by atoms with Crippen LogP contribution in [0, 0.1) is 17.1 Å². The maximum Gasteiger partial charge on any atom is 0.335 e. The van der Waals surface area contributed by atoms with Crippen molar-refractivity contribution in [3.63, 3.8) is 0 Å². The van der Waals surface area contributed by atoms with Gasteiger partial charge < -0.3 is 19.9 Å². The summed E-state index contributed by atoms with van der Waals surface area (Å²) in [7, 11) is 0. The molecule has 0 atom stereocenters. The zero-order valence-electron chi connectivity index (χ0n) is 18.5. The maximum atomic E-state index is 13.8. The van der Waals surface area contributed by atoms with Crippen LogP contribution in [-0.4, -0.2) is 23.6 Å². The van der Waals surface area contributed by atoms with E-state index in [9.17, 15) is 19.2 Å². The molecule has 1 amide bonds. The number of rotatable bonds is 9. The Hall–Kier alpha value is -4.35. The minimum atomic E-state index is -1.03. The van der Waals surface area contributed by atoms with Crippen LogP contribution in [-0.2, 0) is 11.4 Å². The topological polar surface area (TPSA) is 109 Å². The van der Waals surface area contributed by atoms with Crippen molar-refractivity contribution < 1.29 is 28.6 Å². The van der Waals surface area contributed by atoms with Crippen LogP contribution < -0.4 is 14.8 Å². The van der Waals surface area contributed by atoms with Crippen molar-refractivity contribution in [2.75, 3.05) is 11.9 Å². The van der Waals surface area contributed by atoms with E-state index in [1.165, 1.54) is 42.5 Å². The Morgan fingerprint density at radius 1 is 1.14 bits per heavy atom. The van der Waals surface area contributed by atoms with Gasteiger partial charge in [0.15, 0.2) is 11.5 Å². The number of nitrogens with one attached hydrogen (secondary N) is 1. The first-order valence-corrected chi connectivity index (χ1v) is 10.8. The Bertz CT molecular complexity index is 1320. The number of anilines is 1. The molecule has 0 aliphatic heterocycles. The molecule has 0 spiro atoms. The Labute approximate surface area is 206 Å². The Morgan fingerprint density at radius 2 is 1.86 bits per heavy atom. The molecule has 0 heterocycles. The number of benzene rings is 3. The summed E-state index contributed by atoms with van der Waals surface area (Å²) < 4.78 is 25.3. The highest BCUT2D eigenvalue weighted by Gasteiger charge is 2.16. The second-order valence-corrected chi connectivity index (χ2v) is 7.56. The normalized spacial score (nSPS) is 10.9. The molecule has 0 unspecified atom stereocenters. The molecule has 3 aromatic rings. The van der Waals surface area contributed by atoms with Crippen molar-refractivity contribution in [3.05, 3.63) is 93.8 Å². The lowest BCUT2D eigenvalue weighted by atomic mass is 10.1. The molecule has 3 rings (SSSR count). The SMILES string of the molecule is CCOc1cc(/C=C(/C#N)C(=O)Nc2ccccc2F)cc(Cl)c1OCc1ccc(C(=O)O)cc1. The van der Waals surface area contributed by atoms with Crippen molar-refractivity contribution in [2.24, 2.45) is 0 Å². The molecule has 0 fully saturated rings. The first kappa shape index (κ1) is 25.3. The standard InChI is InChI=1S/C26H20ClFN2O5/c1-2-34-23-13-17(11-19(14-29)25(31)30-22-6-4-3-5-21(22)28)12-20(27)24(23)35-15-16-7-9-18(10-8-16)26(32)33/h3-13H,2,15H2,1H3,(H,30,31)(H,32,33)/b19-11-. The van der Waals surface area contributed by atoms with Crippen molar-refractivity contribution in [2.45, 2.75) is 13.5 Å². The lowest BCUT2D eigenvalue weighted by molar-refractivity contribution is -0.112. The molecule has 3 aromatic carbocycles. The Balaban J connectivity index is 1.83. The minimum Gasteiger partial charge on any atom is -0.490 e. The van der Waals surface area contributed by atoms with Gasteiger partial charge in [-0.1, -0.05) is 35.9 Å². The van der Waals surface area contributed by atoms with Gasteiger partial charge in [0.05, 0.1) is 22.9 Å². The fraction of sp³-hybridized carbons (Fsp3) is 0.115. The molecule has 0 saturated heterocycles. The number of hydrogen-bond donors (Lipinski definition) is 2. The molecule has 0 bridgehead atoms. The third kappa shape index (κ3) is 6.59. The van der Waals surface area contributed by atoms with Gasteiger partial charge in [0.2, 0.25) is 0 Å². The van der Waals surface area contributed by atoms with Crippen molar-refractivity contribution in [1.29, 1.82) is 5.26 Å². The van der Waals surface area contributed by atoms with E-state index in [-0.39, 0.29) is 34.2 Å². The molecule has 178 valence electrons. The number of carboxylic acid groups (broad SMARTS) is 1. The number of ether oxygens (including phenoxy) is 2. The van der Waals surface area contributed by atoms with E-state index in [0.29, 0.717) is 23.5 Å². The van der Waals surface area contributed by atoms with Gasteiger partial charge in [-0.25, -0.2) is 9.18 Å². The summed E-state index contributed by atoms with van der Waals surface area (Å²) in [5.74, 6) is -1.89. The Morgan fingerprint density at radius 3 is 2.49 bits per heavy atom. The highest BCUT2D eigenvalue weighted by Crippen LogP contribution is 2.38. The van der Waals surface area contributed by atoms with Crippen molar-refractivity contribution in [3.8, 4) is 17.6 Å².